The summed E-state index contributed by atoms with van der Waals surface area (Å²) in [6, 6.07) is 7.10. The monoisotopic (exact) mass is 429 g/mol. The van der Waals surface area contributed by atoms with Gasteiger partial charge in [-0.2, -0.15) is 5.10 Å². The number of nitrogens with zero attached hydrogens (tertiary/aromatic N) is 4. The zero-order valence-electron chi connectivity index (χ0n) is 18.1. The van der Waals surface area contributed by atoms with Gasteiger partial charge >= 0.3 is 5.69 Å². The van der Waals surface area contributed by atoms with Crippen molar-refractivity contribution in [2.45, 2.75) is 53.0 Å². The van der Waals surface area contributed by atoms with Gasteiger partial charge in [-0.1, -0.05) is 12.1 Å². The predicted octanol–water partition coefficient (Wildman–Crippen LogP) is 1.97. The van der Waals surface area contributed by atoms with Gasteiger partial charge in [0.05, 0.1) is 17.1 Å². The summed E-state index contributed by atoms with van der Waals surface area (Å²) in [5, 5.41) is 17.9. The van der Waals surface area contributed by atoms with Crippen molar-refractivity contribution in [2.75, 3.05) is 13.1 Å². The molecule has 2 aromatic rings. The molecule has 1 N–H and O–H groups in total. The number of benzene rings is 1. The first-order chi connectivity index (χ1) is 14.7. The molecule has 0 saturated carbocycles. The van der Waals surface area contributed by atoms with Crippen LogP contribution in [-0.2, 0) is 22.6 Å². The third-order valence-electron chi connectivity index (χ3n) is 5.22. The molecule has 2 amide bonds. The van der Waals surface area contributed by atoms with Crippen molar-refractivity contribution in [3.8, 4) is 0 Å². The minimum absolute atomic E-state index is 0.00540. The molecule has 0 radical (unpaired) electrons. The van der Waals surface area contributed by atoms with Crippen molar-refractivity contribution >= 4 is 17.5 Å². The number of ether oxygens (including phenoxy) is 1. The summed E-state index contributed by atoms with van der Waals surface area (Å²) in [5.41, 5.74) is 1.98. The number of nitrogens with one attached hydrogen (secondary N) is 1. The van der Waals surface area contributed by atoms with Crippen LogP contribution in [0.2, 0.25) is 0 Å². The lowest BCUT2D eigenvalue weighted by molar-refractivity contribution is -0.386. The molecule has 1 aliphatic rings. The van der Waals surface area contributed by atoms with Crippen LogP contribution < -0.4 is 5.32 Å². The fourth-order valence-corrected chi connectivity index (χ4v) is 3.79. The number of hydrogen-bond acceptors (Lipinski definition) is 6. The number of carbonyl (C=O) groups excluding carboxylic acids is 2. The summed E-state index contributed by atoms with van der Waals surface area (Å²) in [6.07, 6.45) is 0.0108. The molecule has 1 aromatic carbocycles. The lowest BCUT2D eigenvalue weighted by Gasteiger charge is -2.35. The second-order valence-corrected chi connectivity index (χ2v) is 7.88. The first-order valence-electron chi connectivity index (χ1n) is 10.1. The molecule has 3 rings (SSSR count). The number of aryl methyl sites for hydroxylation is 1. The fraction of sp³-hybridized carbons (Fsp3) is 0.476. The molecule has 2 unspecified atom stereocenters. The average Bonchev–Trinajstić information content (AvgIpc) is 2.98. The highest BCUT2D eigenvalue weighted by Gasteiger charge is 2.26. The molecule has 0 aliphatic carbocycles. The highest BCUT2D eigenvalue weighted by atomic mass is 16.6. The van der Waals surface area contributed by atoms with Gasteiger partial charge in [-0.05, 0) is 45.4 Å². The normalized spacial score (nSPS) is 18.6. The summed E-state index contributed by atoms with van der Waals surface area (Å²) in [6.45, 7) is 8.30. The van der Waals surface area contributed by atoms with E-state index in [-0.39, 0.29) is 48.5 Å². The predicted molar refractivity (Wildman–Crippen MR) is 113 cm³/mol. The van der Waals surface area contributed by atoms with Crippen LogP contribution in [0, 0.1) is 24.0 Å². The Labute approximate surface area is 180 Å². The van der Waals surface area contributed by atoms with Crippen LogP contribution in [0.4, 0.5) is 5.69 Å². The minimum atomic E-state index is -0.493. The van der Waals surface area contributed by atoms with Crippen LogP contribution in [0.25, 0.3) is 0 Å². The maximum atomic E-state index is 12.7. The Morgan fingerprint density at radius 2 is 1.81 bits per heavy atom. The summed E-state index contributed by atoms with van der Waals surface area (Å²) in [7, 11) is 0. The third kappa shape index (κ3) is 5.26. The van der Waals surface area contributed by atoms with Crippen molar-refractivity contribution in [1.82, 2.24) is 20.0 Å². The lowest BCUT2D eigenvalue weighted by Crippen LogP contribution is -2.48. The van der Waals surface area contributed by atoms with Gasteiger partial charge in [0.2, 0.25) is 5.91 Å². The van der Waals surface area contributed by atoms with Gasteiger partial charge in [0.1, 0.15) is 17.9 Å². The SMILES string of the molecule is Cc1nn(CC(=O)NCc2ccc(C(=O)N3CC(C)OC(C)C3)cc2)c(C)c1[N+](=O)[O-]. The third-order valence-corrected chi connectivity index (χ3v) is 5.22. The fourth-order valence-electron chi connectivity index (χ4n) is 3.79. The van der Waals surface area contributed by atoms with Crippen LogP contribution in [0.15, 0.2) is 24.3 Å². The van der Waals surface area contributed by atoms with E-state index in [9.17, 15) is 19.7 Å². The maximum absolute atomic E-state index is 12.7. The van der Waals surface area contributed by atoms with E-state index in [1.54, 1.807) is 43.0 Å². The zero-order valence-corrected chi connectivity index (χ0v) is 18.1. The van der Waals surface area contributed by atoms with Crippen LogP contribution in [0.3, 0.4) is 0 Å². The second kappa shape index (κ2) is 9.25. The van der Waals surface area contributed by atoms with E-state index in [0.717, 1.165) is 5.56 Å². The molecule has 2 heterocycles. The molecular formula is C21H27N5O5. The smallest absolute Gasteiger partial charge is 0.312 e. The summed E-state index contributed by atoms with van der Waals surface area (Å²) < 4.78 is 7.00. The molecule has 1 fully saturated rings. The van der Waals surface area contributed by atoms with E-state index in [1.165, 1.54) is 4.68 Å². The Morgan fingerprint density at radius 1 is 1.19 bits per heavy atom. The van der Waals surface area contributed by atoms with Crippen LogP contribution >= 0.6 is 0 Å². The molecule has 166 valence electrons. The van der Waals surface area contributed by atoms with Gasteiger partial charge < -0.3 is 15.0 Å². The number of rotatable bonds is 6. The average molecular weight is 429 g/mol. The van der Waals surface area contributed by atoms with Crippen molar-refractivity contribution in [2.24, 2.45) is 0 Å². The maximum Gasteiger partial charge on any atom is 0.312 e. The summed E-state index contributed by atoms with van der Waals surface area (Å²) >= 11 is 0. The van der Waals surface area contributed by atoms with Crippen molar-refractivity contribution in [3.05, 3.63) is 56.9 Å². The van der Waals surface area contributed by atoms with E-state index in [0.29, 0.717) is 24.3 Å². The molecule has 1 aliphatic heterocycles. The van der Waals surface area contributed by atoms with Crippen molar-refractivity contribution in [1.29, 1.82) is 0 Å². The van der Waals surface area contributed by atoms with E-state index in [4.69, 9.17) is 4.74 Å². The van der Waals surface area contributed by atoms with Crippen LogP contribution in [0.1, 0.15) is 41.2 Å². The Kier molecular flexibility index (Phi) is 6.69. The van der Waals surface area contributed by atoms with Gasteiger partial charge in [0.25, 0.3) is 5.91 Å². The van der Waals surface area contributed by atoms with Gasteiger partial charge in [-0.15, -0.1) is 0 Å². The number of nitro groups is 1. The summed E-state index contributed by atoms with van der Waals surface area (Å²) in [5.74, 6) is -0.347. The van der Waals surface area contributed by atoms with Gasteiger partial charge in [-0.25, -0.2) is 0 Å². The summed E-state index contributed by atoms with van der Waals surface area (Å²) in [4.78, 5) is 37.4. The number of hydrogen-bond donors (Lipinski definition) is 1. The number of carbonyl (C=O) groups is 2. The quantitative estimate of drug-likeness (QED) is 0.554. The Bertz CT molecular complexity index is 975. The zero-order chi connectivity index (χ0) is 22.7. The van der Waals surface area contributed by atoms with E-state index in [2.05, 4.69) is 10.4 Å². The Balaban J connectivity index is 1.56. The molecule has 1 saturated heterocycles. The second-order valence-electron chi connectivity index (χ2n) is 7.88. The number of aromatic nitrogens is 2. The number of amides is 2. The van der Waals surface area contributed by atoms with E-state index >= 15 is 0 Å². The molecule has 0 bridgehead atoms. The van der Waals surface area contributed by atoms with Gasteiger partial charge in [-0.3, -0.25) is 24.4 Å². The largest absolute Gasteiger partial charge is 0.372 e. The molecule has 1 aromatic heterocycles. The molecular weight excluding hydrogens is 402 g/mol. The van der Waals surface area contributed by atoms with Gasteiger partial charge in [0.15, 0.2) is 0 Å². The lowest BCUT2D eigenvalue weighted by atomic mass is 10.1. The highest BCUT2D eigenvalue weighted by Crippen LogP contribution is 2.21. The van der Waals surface area contributed by atoms with Crippen LogP contribution in [-0.4, -0.2) is 56.7 Å². The standard InChI is InChI=1S/C21H27N5O5/c1-13-10-24(11-14(2)31-13)21(28)18-7-5-17(6-8-18)9-22-19(27)12-25-16(4)20(26(29)30)15(3)23-25/h5-8,13-14H,9-12H2,1-4H3,(H,22,27). The van der Waals surface area contributed by atoms with Crippen molar-refractivity contribution < 1.29 is 19.2 Å². The molecule has 10 heteroatoms. The minimum Gasteiger partial charge on any atom is -0.372 e. The topological polar surface area (TPSA) is 120 Å². The molecule has 31 heavy (non-hydrogen) atoms. The first-order valence-corrected chi connectivity index (χ1v) is 10.1. The van der Waals surface area contributed by atoms with Crippen LogP contribution in [0.5, 0.6) is 0 Å². The first kappa shape index (κ1) is 22.4. The Morgan fingerprint density at radius 3 is 2.35 bits per heavy atom. The molecule has 10 nitrogen and oxygen atoms in total. The Hall–Kier alpha value is -3.27. The molecule has 2 atom stereocenters. The van der Waals surface area contributed by atoms with E-state index < -0.39 is 4.92 Å². The van der Waals surface area contributed by atoms with Gasteiger partial charge in [0, 0.05) is 25.2 Å². The molecule has 0 spiro atoms. The van der Waals surface area contributed by atoms with E-state index in [1.807, 2.05) is 13.8 Å². The highest BCUT2D eigenvalue weighted by molar-refractivity contribution is 5.94. The van der Waals surface area contributed by atoms with Crippen molar-refractivity contribution in [3.63, 3.8) is 0 Å². The number of morpholine rings is 1.